The van der Waals surface area contributed by atoms with Crippen molar-refractivity contribution in [1.29, 1.82) is 0 Å². The van der Waals surface area contributed by atoms with E-state index < -0.39 is 86.3 Å². The van der Waals surface area contributed by atoms with E-state index in [1.165, 1.54) is 12.0 Å². The van der Waals surface area contributed by atoms with Crippen LogP contribution in [0.15, 0.2) is 47.6 Å². The fraction of sp³-hybridized carbons (Fsp3) is 0.793. The molecular formula is C58H97NO13Si. The van der Waals surface area contributed by atoms with Gasteiger partial charge in [-0.25, -0.2) is 4.79 Å². The summed E-state index contributed by atoms with van der Waals surface area (Å²) in [5.41, 5.74) is 1.62. The van der Waals surface area contributed by atoms with Gasteiger partial charge in [-0.15, -0.1) is 0 Å². The van der Waals surface area contributed by atoms with E-state index in [9.17, 15) is 29.4 Å². The van der Waals surface area contributed by atoms with Gasteiger partial charge in [0.1, 0.15) is 24.4 Å². The number of hydrogen-bond acceptors (Lipinski definition) is 13. The lowest BCUT2D eigenvalue weighted by atomic mass is 9.78. The van der Waals surface area contributed by atoms with Gasteiger partial charge in [0.25, 0.3) is 11.7 Å². The van der Waals surface area contributed by atoms with Crippen LogP contribution in [0.1, 0.15) is 146 Å². The van der Waals surface area contributed by atoms with Crippen molar-refractivity contribution in [2.75, 3.05) is 35.0 Å². The van der Waals surface area contributed by atoms with E-state index in [0.29, 0.717) is 44.9 Å². The molecule has 0 aromatic rings. The van der Waals surface area contributed by atoms with Crippen LogP contribution >= 0.6 is 0 Å². The number of aliphatic hydroxyl groups is 2. The maximum Gasteiger partial charge on any atom is 0.329 e. The van der Waals surface area contributed by atoms with Crippen molar-refractivity contribution in [3.8, 4) is 0 Å². The number of amides is 1. The number of fused-ring (bicyclic) bond motifs is 3. The van der Waals surface area contributed by atoms with E-state index in [1.807, 2.05) is 65.0 Å². The zero-order valence-corrected chi connectivity index (χ0v) is 48.6. The van der Waals surface area contributed by atoms with Gasteiger partial charge in [0.15, 0.2) is 14.1 Å². The summed E-state index contributed by atoms with van der Waals surface area (Å²) in [7, 11) is 4.33. The standard InChI is InChI=1S/C58H97NO13Si/c1-36-22-18-17-19-23-37(2)48(66-11)34-44-27-25-42(7)58(65,71-44)54(62)55(63)59-29-21-20-24-45(59)56(64)70-49(35-46(60)38(3)31-41(6)52(68-13)53(69-14)51(61)40(5)30-36)39(4)32-43-26-28-47(50(33-43)67-12)72-73(15,16)57(8,9)10/h17-19,22-23,31,36,38-40,42-50,52-53,60,65H,20-21,24-30,32-35H2,1-16H3/b19-17+,22-18+,37-23+,41-31+/t36-,38-,39-,40-,42-,43+,44+,45+,46-,47-,48+,49+,50-,52-,53+,58-/m1/s1. The number of ketones is 2. The van der Waals surface area contributed by atoms with E-state index in [2.05, 4.69) is 46.9 Å². The lowest BCUT2D eigenvalue weighted by Crippen LogP contribution is -2.61. The summed E-state index contributed by atoms with van der Waals surface area (Å²) in [4.78, 5) is 58.8. The van der Waals surface area contributed by atoms with E-state index in [1.54, 1.807) is 28.3 Å². The number of hydrogen-bond donors (Lipinski definition) is 2. The third kappa shape index (κ3) is 16.6. The molecule has 0 aromatic carbocycles. The van der Waals surface area contributed by atoms with Crippen LogP contribution in [0.25, 0.3) is 0 Å². The number of piperidine rings is 1. The van der Waals surface area contributed by atoms with E-state index >= 15 is 0 Å². The summed E-state index contributed by atoms with van der Waals surface area (Å²) in [5, 5.41) is 24.2. The second kappa shape index (κ2) is 28.0. The lowest BCUT2D eigenvalue weighted by molar-refractivity contribution is -0.265. The number of methoxy groups -OCH3 is 4. The number of ether oxygens (including phenoxy) is 6. The molecule has 14 nitrogen and oxygen atoms in total. The zero-order valence-electron chi connectivity index (χ0n) is 47.6. The molecule has 0 spiro atoms. The minimum absolute atomic E-state index is 0.0224. The molecule has 416 valence electrons. The van der Waals surface area contributed by atoms with E-state index in [4.69, 9.17) is 32.8 Å². The molecule has 16 atom stereocenters. The van der Waals surface area contributed by atoms with Crippen LogP contribution in [-0.4, -0.2) is 143 Å². The summed E-state index contributed by atoms with van der Waals surface area (Å²) in [6, 6.07) is -1.09. The maximum atomic E-state index is 14.7. The van der Waals surface area contributed by atoms with Crippen molar-refractivity contribution in [3.63, 3.8) is 0 Å². The van der Waals surface area contributed by atoms with E-state index in [-0.39, 0.29) is 66.1 Å². The van der Waals surface area contributed by atoms with Crippen molar-refractivity contribution in [2.24, 2.45) is 35.5 Å². The number of rotatable bonds is 9. The Morgan fingerprint density at radius 2 is 1.49 bits per heavy atom. The number of carbonyl (C=O) groups is 4. The van der Waals surface area contributed by atoms with Crippen molar-refractivity contribution in [1.82, 2.24) is 4.90 Å². The van der Waals surface area contributed by atoms with Gasteiger partial charge in [-0.2, -0.15) is 0 Å². The third-order valence-electron chi connectivity index (χ3n) is 17.1. The fourth-order valence-corrected chi connectivity index (χ4v) is 12.6. The fourth-order valence-electron chi connectivity index (χ4n) is 11.2. The van der Waals surface area contributed by atoms with Crippen LogP contribution in [0, 0.1) is 35.5 Å². The Hall–Kier alpha value is -2.86. The SMILES string of the molecule is CO[C@H]1C[C@@H]2CC[C@@H](C)[C@@](O)(O2)C(=O)C(=O)N2CCCC[C@H]2C(=O)O[C@H]([C@H](C)C[C@@H]2CC[C@@H](O[Si](C)(C)C(C)(C)C)[C@H](OC)C2)C[C@@H](O)[C@H](C)/C=C(\C)[C@@H](OC)[C@@H](OC)C(=O)[C@H](C)C[C@H](C)/C=C/C=C/C=C/1C. The minimum Gasteiger partial charge on any atom is -0.460 e. The Morgan fingerprint density at radius 1 is 0.808 bits per heavy atom. The number of esters is 1. The normalized spacial score (nSPS) is 38.8. The Balaban J connectivity index is 1.72. The number of nitrogens with zero attached hydrogens (tertiary/aromatic N) is 1. The third-order valence-corrected chi connectivity index (χ3v) is 21.6. The lowest BCUT2D eigenvalue weighted by Gasteiger charge is -2.44. The van der Waals surface area contributed by atoms with Crippen LogP contribution in [0.5, 0.6) is 0 Å². The summed E-state index contributed by atoms with van der Waals surface area (Å²) in [6.07, 6.45) is 13.8. The number of cyclic esters (lactones) is 1. The monoisotopic (exact) mass is 1040 g/mol. The predicted octanol–water partition coefficient (Wildman–Crippen LogP) is 9.66. The Labute approximate surface area is 440 Å². The first kappa shape index (κ1) is 62.7. The minimum atomic E-state index is -2.41. The average Bonchev–Trinajstić information content (AvgIpc) is 3.34. The van der Waals surface area contributed by atoms with Gasteiger partial charge in [0.05, 0.1) is 30.5 Å². The predicted molar refractivity (Wildman–Crippen MR) is 287 cm³/mol. The first-order valence-corrected chi connectivity index (χ1v) is 30.3. The smallest absolute Gasteiger partial charge is 0.329 e. The molecule has 2 N–H and O–H groups in total. The molecule has 4 aliphatic rings. The first-order valence-electron chi connectivity index (χ1n) is 27.4. The van der Waals surface area contributed by atoms with Gasteiger partial charge < -0.3 is 48.0 Å². The highest BCUT2D eigenvalue weighted by atomic mass is 28.4. The topological polar surface area (TPSA) is 177 Å². The maximum absolute atomic E-state index is 14.7. The van der Waals surface area contributed by atoms with Gasteiger partial charge in [-0.1, -0.05) is 91.8 Å². The molecule has 2 saturated heterocycles. The molecule has 2 bridgehead atoms. The number of aliphatic hydroxyl groups excluding tert-OH is 1. The molecule has 3 heterocycles. The summed E-state index contributed by atoms with van der Waals surface area (Å²) >= 11 is 0. The molecular weight excluding hydrogens is 947 g/mol. The molecule has 1 aliphatic carbocycles. The van der Waals surface area contributed by atoms with Gasteiger partial charge >= 0.3 is 5.97 Å². The van der Waals surface area contributed by atoms with Gasteiger partial charge in [-0.05, 0) is 125 Å². The average molecular weight is 1040 g/mol. The molecule has 0 radical (unpaired) electrons. The molecule has 0 aromatic heterocycles. The summed E-state index contributed by atoms with van der Waals surface area (Å²) < 4.78 is 43.4. The quantitative estimate of drug-likeness (QED) is 0.0967. The molecule has 3 aliphatic heterocycles. The van der Waals surface area contributed by atoms with Crippen molar-refractivity contribution < 1.29 is 62.2 Å². The second-order valence-electron chi connectivity index (χ2n) is 23.9. The van der Waals surface area contributed by atoms with E-state index in [0.717, 1.165) is 30.4 Å². The summed E-state index contributed by atoms with van der Waals surface area (Å²) in [5.74, 6) is -6.65. The van der Waals surface area contributed by atoms with Crippen LogP contribution in [0.3, 0.4) is 0 Å². The Morgan fingerprint density at radius 3 is 2.12 bits per heavy atom. The van der Waals surface area contributed by atoms with Crippen molar-refractivity contribution in [3.05, 3.63) is 47.6 Å². The molecule has 1 saturated carbocycles. The number of Topliss-reactive ketones (excluding diaryl/α,β-unsaturated/α-hetero) is 2. The number of allylic oxidation sites excluding steroid dienone is 5. The van der Waals surface area contributed by atoms with Crippen molar-refractivity contribution in [2.45, 2.75) is 225 Å². The molecule has 1 amide bonds. The number of carbonyl (C=O) groups excluding carboxylic acids is 4. The molecule has 0 unspecified atom stereocenters. The van der Waals surface area contributed by atoms with Crippen molar-refractivity contribution >= 4 is 31.8 Å². The van der Waals surface area contributed by atoms with Crippen LogP contribution in [-0.2, 0) is 52.0 Å². The highest BCUT2D eigenvalue weighted by Gasteiger charge is 2.53. The second-order valence-corrected chi connectivity index (χ2v) is 28.6. The largest absolute Gasteiger partial charge is 0.460 e. The highest BCUT2D eigenvalue weighted by Crippen LogP contribution is 2.42. The van der Waals surface area contributed by atoms with Crippen LogP contribution in [0.2, 0.25) is 18.1 Å². The molecule has 15 heteroatoms. The Kier molecular flexibility index (Phi) is 24.0. The van der Waals surface area contributed by atoms with Crippen LogP contribution in [0.4, 0.5) is 0 Å². The molecule has 3 fully saturated rings. The highest BCUT2D eigenvalue weighted by molar-refractivity contribution is 6.74. The van der Waals surface area contributed by atoms with Gasteiger partial charge in [0, 0.05) is 65.6 Å². The first-order chi connectivity index (χ1) is 34.2. The van der Waals surface area contributed by atoms with Gasteiger partial charge in [-0.3, -0.25) is 14.4 Å². The zero-order chi connectivity index (χ0) is 54.6. The Bertz CT molecular complexity index is 1940. The molecule has 73 heavy (non-hydrogen) atoms. The van der Waals surface area contributed by atoms with Gasteiger partial charge in [0.2, 0.25) is 5.79 Å². The molecule has 4 rings (SSSR count). The van der Waals surface area contributed by atoms with Crippen LogP contribution < -0.4 is 0 Å². The summed E-state index contributed by atoms with van der Waals surface area (Å²) in [6.45, 7) is 24.8.